The van der Waals surface area contributed by atoms with Gasteiger partial charge in [0.15, 0.2) is 0 Å². The van der Waals surface area contributed by atoms with Crippen molar-refractivity contribution in [3.8, 4) is 0 Å². The Morgan fingerprint density at radius 1 is 1.00 bits per heavy atom. The van der Waals surface area contributed by atoms with Gasteiger partial charge >= 0.3 is 25.8 Å². The van der Waals surface area contributed by atoms with Crippen LogP contribution in [0.1, 0.15) is 13.8 Å². The lowest BCUT2D eigenvalue weighted by atomic mass is 9.95. The monoisotopic (exact) mass is 398 g/mol. The molecule has 0 aromatic heterocycles. The molecule has 0 saturated carbocycles. The number of hydrogen-bond donors (Lipinski definition) is 2. The molecule has 0 heterocycles. The van der Waals surface area contributed by atoms with Crippen LogP contribution >= 0.6 is 15.6 Å². The zero-order valence-electron chi connectivity index (χ0n) is 11.2. The van der Waals surface area contributed by atoms with Gasteiger partial charge in [0.05, 0.1) is 7.82 Å². The molecule has 140 valence electrons. The Labute approximate surface area is 124 Å². The first-order valence-electron chi connectivity index (χ1n) is 5.35. The quantitative estimate of drug-likeness (QED) is 0.453. The molecule has 0 aromatic carbocycles. The average Bonchev–Trinajstić information content (AvgIpc) is 2.20. The summed E-state index contributed by atoms with van der Waals surface area (Å²) in [4.78, 5) is 36.8. The normalized spacial score (nSPS) is 16.7. The molecule has 2 N–H and O–H groups in total. The van der Waals surface area contributed by atoms with Crippen molar-refractivity contribution in [3.63, 3.8) is 0 Å². The van der Waals surface area contributed by atoms with Gasteiger partial charge in [-0.3, -0.25) is 0 Å². The minimum Gasteiger partial charge on any atom is -0.790 e. The Hall–Kier alpha value is -0.200. The molecule has 1 atom stereocenters. The van der Waals surface area contributed by atoms with Crippen molar-refractivity contribution < 1.29 is 64.1 Å². The summed E-state index contributed by atoms with van der Waals surface area (Å²) in [6.07, 6.45) is -9.97. The van der Waals surface area contributed by atoms with Gasteiger partial charge in [0, 0.05) is 0 Å². The Morgan fingerprint density at radius 2 is 1.39 bits per heavy atom. The SMILES string of the molecule is CC(C)C(OP(=O)([O-])[O-])C(F)(F)C(F)(F)C(F)(F)OP(=O)(O)O. The first-order chi connectivity index (χ1) is 9.75. The predicted octanol–water partition coefficient (Wildman–Crippen LogP) is 0.829. The number of phosphoric ester groups is 2. The maximum atomic E-state index is 13.6. The van der Waals surface area contributed by atoms with Crippen LogP contribution in [0.15, 0.2) is 0 Å². The minimum atomic E-state index is -6.63. The number of phosphoric acid groups is 2. The van der Waals surface area contributed by atoms with Gasteiger partial charge in [0.25, 0.3) is 0 Å². The second-order valence-corrected chi connectivity index (χ2v) is 6.78. The summed E-state index contributed by atoms with van der Waals surface area (Å²) in [5, 5.41) is 0. The molecule has 0 radical (unpaired) electrons. The van der Waals surface area contributed by atoms with E-state index in [2.05, 4.69) is 9.05 Å². The van der Waals surface area contributed by atoms with E-state index in [-0.39, 0.29) is 0 Å². The van der Waals surface area contributed by atoms with E-state index in [0.29, 0.717) is 13.8 Å². The van der Waals surface area contributed by atoms with E-state index in [0.717, 1.165) is 0 Å². The van der Waals surface area contributed by atoms with E-state index in [1.165, 1.54) is 0 Å². The number of hydrogen-bond acceptors (Lipinski definition) is 6. The highest BCUT2D eigenvalue weighted by atomic mass is 31.2. The summed E-state index contributed by atoms with van der Waals surface area (Å²) >= 11 is 0. The Bertz CT molecular complexity index is 513. The molecule has 1 unspecified atom stereocenters. The second-order valence-electron chi connectivity index (χ2n) is 4.51. The van der Waals surface area contributed by atoms with E-state index in [1.54, 1.807) is 0 Å². The van der Waals surface area contributed by atoms with Crippen LogP contribution in [-0.2, 0) is 18.2 Å². The maximum absolute atomic E-state index is 13.6. The third-order valence-corrected chi connectivity index (χ3v) is 3.18. The summed E-state index contributed by atoms with van der Waals surface area (Å²) in [5.74, 6) is -14.6. The maximum Gasteiger partial charge on any atom is 0.474 e. The number of halogens is 6. The van der Waals surface area contributed by atoms with Gasteiger partial charge < -0.3 is 28.7 Å². The van der Waals surface area contributed by atoms with Crippen molar-refractivity contribution in [2.24, 2.45) is 5.92 Å². The Kier molecular flexibility index (Phi) is 6.54. The average molecular weight is 398 g/mol. The minimum absolute atomic E-state index is 0.645. The standard InChI is InChI=1S/C7H12F6O8P2/c1-3(2)4(20-22(14,15)16)5(8,9)6(10,11)7(12,13)21-23(17,18)19/h3-4H,1-2H3,(H2,14,15,16)(H2,17,18,19)/p-2. The van der Waals surface area contributed by atoms with E-state index in [4.69, 9.17) is 9.79 Å². The van der Waals surface area contributed by atoms with Crippen LogP contribution in [0, 0.1) is 5.92 Å². The Morgan fingerprint density at radius 3 is 1.65 bits per heavy atom. The first kappa shape index (κ1) is 22.8. The molecule has 0 rings (SSSR count). The van der Waals surface area contributed by atoms with Crippen LogP contribution in [0.5, 0.6) is 0 Å². The number of rotatable bonds is 8. The fourth-order valence-electron chi connectivity index (χ4n) is 1.33. The van der Waals surface area contributed by atoms with Gasteiger partial charge in [-0.15, -0.1) is 0 Å². The lowest BCUT2D eigenvalue weighted by molar-refractivity contribution is -0.400. The topological polar surface area (TPSA) is 139 Å². The van der Waals surface area contributed by atoms with Crippen molar-refractivity contribution >= 4 is 15.6 Å². The molecule has 16 heteroatoms. The highest BCUT2D eigenvalue weighted by Crippen LogP contribution is 2.56. The summed E-state index contributed by atoms with van der Waals surface area (Å²) in [5.41, 5.74) is 0. The van der Waals surface area contributed by atoms with Crippen LogP contribution in [0.25, 0.3) is 0 Å². The fraction of sp³-hybridized carbons (Fsp3) is 1.00. The molecule has 0 bridgehead atoms. The molecule has 0 aliphatic carbocycles. The molecule has 8 nitrogen and oxygen atoms in total. The lowest BCUT2D eigenvalue weighted by Crippen LogP contribution is -2.61. The van der Waals surface area contributed by atoms with Gasteiger partial charge in [-0.25, -0.2) is 9.09 Å². The molecule has 0 amide bonds. The molecule has 0 spiro atoms. The zero-order valence-corrected chi connectivity index (χ0v) is 12.9. The highest BCUT2D eigenvalue weighted by Gasteiger charge is 2.77. The van der Waals surface area contributed by atoms with Crippen molar-refractivity contribution in [2.75, 3.05) is 0 Å². The van der Waals surface area contributed by atoms with Gasteiger partial charge in [0.2, 0.25) is 0 Å². The van der Waals surface area contributed by atoms with Crippen molar-refractivity contribution in [2.45, 2.75) is 37.9 Å². The molecule has 0 fully saturated rings. The molecular formula is C7H10F6O8P2-2. The van der Waals surface area contributed by atoms with Crippen LogP contribution in [0.4, 0.5) is 26.3 Å². The largest absolute Gasteiger partial charge is 0.790 e. The first-order valence-corrected chi connectivity index (χ1v) is 8.34. The van der Waals surface area contributed by atoms with Crippen LogP contribution < -0.4 is 9.79 Å². The molecule has 23 heavy (non-hydrogen) atoms. The van der Waals surface area contributed by atoms with Gasteiger partial charge in [-0.2, -0.15) is 26.3 Å². The molecule has 0 aromatic rings. The van der Waals surface area contributed by atoms with Crippen molar-refractivity contribution in [3.05, 3.63) is 0 Å². The third-order valence-electron chi connectivity index (χ3n) is 2.22. The Balaban J connectivity index is 5.90. The molecule has 0 saturated heterocycles. The number of alkyl halides is 6. The summed E-state index contributed by atoms with van der Waals surface area (Å²) in [6.45, 7) is 1.29. The van der Waals surface area contributed by atoms with Crippen LogP contribution in [-0.4, -0.2) is 33.8 Å². The van der Waals surface area contributed by atoms with Crippen LogP contribution in [0.3, 0.4) is 0 Å². The lowest BCUT2D eigenvalue weighted by Gasteiger charge is -2.42. The van der Waals surface area contributed by atoms with Gasteiger partial charge in [0.1, 0.15) is 6.10 Å². The predicted molar refractivity (Wildman–Crippen MR) is 55.3 cm³/mol. The van der Waals surface area contributed by atoms with Crippen molar-refractivity contribution in [1.82, 2.24) is 0 Å². The van der Waals surface area contributed by atoms with E-state index >= 15 is 0 Å². The zero-order chi connectivity index (χ0) is 19.1. The molecular weight excluding hydrogens is 388 g/mol. The van der Waals surface area contributed by atoms with E-state index < -0.39 is 45.6 Å². The van der Waals surface area contributed by atoms with Gasteiger partial charge in [-0.05, 0) is 5.92 Å². The van der Waals surface area contributed by atoms with Gasteiger partial charge in [-0.1, -0.05) is 13.8 Å². The fourth-order valence-corrected chi connectivity index (χ4v) is 2.39. The molecule has 0 aliphatic rings. The smallest absolute Gasteiger partial charge is 0.474 e. The van der Waals surface area contributed by atoms with E-state index in [9.17, 15) is 45.3 Å². The molecule has 0 aliphatic heterocycles. The highest BCUT2D eigenvalue weighted by molar-refractivity contribution is 7.46. The summed E-state index contributed by atoms with van der Waals surface area (Å²) in [6, 6.07) is 0. The third kappa shape index (κ3) is 5.68. The summed E-state index contributed by atoms with van der Waals surface area (Å²) < 4.78 is 106. The second kappa shape index (κ2) is 6.60. The van der Waals surface area contributed by atoms with Crippen molar-refractivity contribution in [1.29, 1.82) is 0 Å². The van der Waals surface area contributed by atoms with E-state index in [1.807, 2.05) is 0 Å². The summed E-state index contributed by atoms with van der Waals surface area (Å²) in [7, 11) is -12.6. The van der Waals surface area contributed by atoms with Crippen LogP contribution in [0.2, 0.25) is 0 Å².